The second-order valence-corrected chi connectivity index (χ2v) is 3.88. The number of hydrogen-bond donors (Lipinski definition) is 1. The molecule has 3 heterocycles. The van der Waals surface area contributed by atoms with Gasteiger partial charge in [-0.3, -0.25) is 4.98 Å². The van der Waals surface area contributed by atoms with E-state index in [9.17, 15) is 0 Å². The molecule has 0 radical (unpaired) electrons. The van der Waals surface area contributed by atoms with Crippen molar-refractivity contribution >= 4 is 5.65 Å². The highest BCUT2D eigenvalue weighted by atomic mass is 15.0. The van der Waals surface area contributed by atoms with Crippen molar-refractivity contribution in [1.82, 2.24) is 14.4 Å². The molecule has 2 N–H and O–H groups in total. The van der Waals surface area contributed by atoms with Gasteiger partial charge in [-0.05, 0) is 23.8 Å². The van der Waals surface area contributed by atoms with Gasteiger partial charge in [0.15, 0.2) is 0 Å². The predicted molar refractivity (Wildman–Crippen MR) is 65.5 cm³/mol. The average molecular weight is 224 g/mol. The lowest BCUT2D eigenvalue weighted by Crippen LogP contribution is -2.14. The third kappa shape index (κ3) is 1.68. The highest BCUT2D eigenvalue weighted by Gasteiger charge is 2.13. The minimum atomic E-state index is -0.207. The Hall–Kier alpha value is -2.20. The Bertz CT molecular complexity index is 630. The van der Waals surface area contributed by atoms with E-state index in [1.807, 2.05) is 47.1 Å². The molecule has 0 spiro atoms. The standard InChI is InChI=1S/C13H12N4/c14-13(10-4-3-6-15-8-10)11-9-16-12-5-1-2-7-17(11)12/h1-9,13H,14H2. The summed E-state index contributed by atoms with van der Waals surface area (Å²) in [7, 11) is 0. The first kappa shape index (κ1) is 9.99. The van der Waals surface area contributed by atoms with Crippen LogP contribution in [0.15, 0.2) is 55.1 Å². The molecule has 3 aromatic heterocycles. The van der Waals surface area contributed by atoms with Gasteiger partial charge in [-0.2, -0.15) is 0 Å². The molecule has 4 heteroatoms. The van der Waals surface area contributed by atoms with Crippen molar-refractivity contribution in [3.63, 3.8) is 0 Å². The van der Waals surface area contributed by atoms with Crippen LogP contribution in [0.1, 0.15) is 17.3 Å². The van der Waals surface area contributed by atoms with E-state index in [0.717, 1.165) is 16.9 Å². The third-order valence-corrected chi connectivity index (χ3v) is 2.81. The van der Waals surface area contributed by atoms with Crippen LogP contribution in [0.4, 0.5) is 0 Å². The molecule has 3 aromatic rings. The summed E-state index contributed by atoms with van der Waals surface area (Å²) in [6.07, 6.45) is 7.30. The third-order valence-electron chi connectivity index (χ3n) is 2.81. The Morgan fingerprint density at radius 1 is 1.12 bits per heavy atom. The second kappa shape index (κ2) is 3.99. The molecule has 0 aliphatic heterocycles. The zero-order valence-corrected chi connectivity index (χ0v) is 9.19. The Kier molecular flexibility index (Phi) is 2.34. The average Bonchev–Trinajstić information content (AvgIpc) is 2.83. The van der Waals surface area contributed by atoms with Crippen molar-refractivity contribution in [2.75, 3.05) is 0 Å². The molecule has 0 bridgehead atoms. The molecule has 0 aromatic carbocycles. The quantitative estimate of drug-likeness (QED) is 0.721. The minimum Gasteiger partial charge on any atom is -0.319 e. The largest absolute Gasteiger partial charge is 0.319 e. The molecule has 0 saturated heterocycles. The number of fused-ring (bicyclic) bond motifs is 1. The van der Waals surface area contributed by atoms with Crippen LogP contribution in [0.2, 0.25) is 0 Å². The molecule has 1 unspecified atom stereocenters. The van der Waals surface area contributed by atoms with Gasteiger partial charge in [0.05, 0.1) is 17.9 Å². The van der Waals surface area contributed by atoms with Gasteiger partial charge >= 0.3 is 0 Å². The Labute approximate surface area is 98.8 Å². The van der Waals surface area contributed by atoms with Crippen molar-refractivity contribution < 1.29 is 0 Å². The summed E-state index contributed by atoms with van der Waals surface area (Å²) in [6.45, 7) is 0. The fraction of sp³-hybridized carbons (Fsp3) is 0.0769. The predicted octanol–water partition coefficient (Wildman–Crippen LogP) is 1.78. The summed E-state index contributed by atoms with van der Waals surface area (Å²) < 4.78 is 2.00. The molecule has 0 amide bonds. The van der Waals surface area contributed by atoms with E-state index < -0.39 is 0 Å². The molecule has 1 atom stereocenters. The lowest BCUT2D eigenvalue weighted by atomic mass is 10.1. The zero-order valence-electron chi connectivity index (χ0n) is 9.19. The van der Waals surface area contributed by atoms with Crippen molar-refractivity contribution in [2.45, 2.75) is 6.04 Å². The molecule has 0 aliphatic rings. The SMILES string of the molecule is NC(c1cccnc1)c1cnc2ccccn12. The summed E-state index contributed by atoms with van der Waals surface area (Å²) in [4.78, 5) is 8.41. The van der Waals surface area contributed by atoms with Gasteiger partial charge in [0.1, 0.15) is 5.65 Å². The lowest BCUT2D eigenvalue weighted by molar-refractivity contribution is 0.809. The number of nitrogens with two attached hydrogens (primary N) is 1. The number of nitrogens with zero attached hydrogens (tertiary/aromatic N) is 3. The van der Waals surface area contributed by atoms with Crippen LogP contribution in [0.25, 0.3) is 5.65 Å². The minimum absolute atomic E-state index is 0.207. The molecule has 3 rings (SSSR count). The van der Waals surface area contributed by atoms with Crippen molar-refractivity contribution in [3.8, 4) is 0 Å². The molecule has 0 fully saturated rings. The zero-order chi connectivity index (χ0) is 11.7. The van der Waals surface area contributed by atoms with Crippen LogP contribution in [-0.4, -0.2) is 14.4 Å². The van der Waals surface area contributed by atoms with Crippen LogP contribution in [-0.2, 0) is 0 Å². The van der Waals surface area contributed by atoms with Crippen LogP contribution in [0, 0.1) is 0 Å². The maximum atomic E-state index is 6.23. The smallest absolute Gasteiger partial charge is 0.136 e. The van der Waals surface area contributed by atoms with Gasteiger partial charge in [-0.25, -0.2) is 4.98 Å². The Morgan fingerprint density at radius 2 is 2.06 bits per heavy atom. The van der Waals surface area contributed by atoms with E-state index in [2.05, 4.69) is 9.97 Å². The summed E-state index contributed by atoms with van der Waals surface area (Å²) >= 11 is 0. The van der Waals surface area contributed by atoms with Crippen LogP contribution in [0.5, 0.6) is 0 Å². The van der Waals surface area contributed by atoms with E-state index in [-0.39, 0.29) is 6.04 Å². The monoisotopic (exact) mass is 224 g/mol. The fourth-order valence-electron chi connectivity index (χ4n) is 1.91. The van der Waals surface area contributed by atoms with Crippen molar-refractivity contribution in [2.24, 2.45) is 5.73 Å². The van der Waals surface area contributed by atoms with Crippen LogP contribution in [0.3, 0.4) is 0 Å². The van der Waals surface area contributed by atoms with Gasteiger partial charge in [0.2, 0.25) is 0 Å². The number of hydrogen-bond acceptors (Lipinski definition) is 3. The number of pyridine rings is 2. The van der Waals surface area contributed by atoms with Gasteiger partial charge in [0.25, 0.3) is 0 Å². The second-order valence-electron chi connectivity index (χ2n) is 3.88. The van der Waals surface area contributed by atoms with E-state index in [4.69, 9.17) is 5.73 Å². The highest BCUT2D eigenvalue weighted by Crippen LogP contribution is 2.19. The van der Waals surface area contributed by atoms with Gasteiger partial charge in [0, 0.05) is 18.6 Å². The van der Waals surface area contributed by atoms with E-state index >= 15 is 0 Å². The number of rotatable bonds is 2. The first-order valence-electron chi connectivity index (χ1n) is 5.44. The van der Waals surface area contributed by atoms with Crippen LogP contribution >= 0.6 is 0 Å². The number of aromatic nitrogens is 3. The molecule has 4 nitrogen and oxygen atoms in total. The molecule has 17 heavy (non-hydrogen) atoms. The summed E-state index contributed by atoms with van der Waals surface area (Å²) in [5, 5.41) is 0. The highest BCUT2D eigenvalue weighted by molar-refractivity contribution is 5.42. The van der Waals surface area contributed by atoms with Crippen LogP contribution < -0.4 is 5.73 Å². The molecule has 0 saturated carbocycles. The first-order valence-corrected chi connectivity index (χ1v) is 5.44. The van der Waals surface area contributed by atoms with Crippen molar-refractivity contribution in [1.29, 1.82) is 0 Å². The maximum absolute atomic E-state index is 6.23. The summed E-state index contributed by atoms with van der Waals surface area (Å²) in [5.74, 6) is 0. The van der Waals surface area contributed by atoms with Gasteiger partial charge in [-0.1, -0.05) is 12.1 Å². The normalized spacial score (nSPS) is 12.8. The molecule has 84 valence electrons. The van der Waals surface area contributed by atoms with Crippen molar-refractivity contribution in [3.05, 3.63) is 66.4 Å². The Balaban J connectivity index is 2.10. The first-order chi connectivity index (χ1) is 8.36. The van der Waals surface area contributed by atoms with E-state index in [1.165, 1.54) is 0 Å². The topological polar surface area (TPSA) is 56.2 Å². The van der Waals surface area contributed by atoms with E-state index in [0.29, 0.717) is 0 Å². The van der Waals surface area contributed by atoms with Gasteiger partial charge < -0.3 is 10.1 Å². The maximum Gasteiger partial charge on any atom is 0.136 e. The molecular weight excluding hydrogens is 212 g/mol. The summed E-state index contributed by atoms with van der Waals surface area (Å²) in [5.41, 5.74) is 9.08. The van der Waals surface area contributed by atoms with Gasteiger partial charge in [-0.15, -0.1) is 0 Å². The molecule has 0 aliphatic carbocycles. The Morgan fingerprint density at radius 3 is 2.88 bits per heavy atom. The fourth-order valence-corrected chi connectivity index (χ4v) is 1.91. The van der Waals surface area contributed by atoms with E-state index in [1.54, 1.807) is 12.4 Å². The summed E-state index contributed by atoms with van der Waals surface area (Å²) in [6, 6.07) is 9.54. The lowest BCUT2D eigenvalue weighted by Gasteiger charge is -2.10. The number of imidazole rings is 1. The molecular formula is C13H12N4.